The molecule has 0 fully saturated rings. The van der Waals surface area contributed by atoms with Crippen molar-refractivity contribution in [2.45, 2.75) is 31.6 Å². The molecule has 0 aromatic heterocycles. The lowest BCUT2D eigenvalue weighted by Gasteiger charge is -2.16. The summed E-state index contributed by atoms with van der Waals surface area (Å²) in [5.41, 5.74) is 8.26. The number of hydrogen-bond donors (Lipinski definition) is 1. The zero-order valence-corrected chi connectivity index (χ0v) is 9.19. The van der Waals surface area contributed by atoms with E-state index < -0.39 is 11.1 Å². The second-order valence-corrected chi connectivity index (χ2v) is 3.96. The average molecular weight is 212 g/mol. The van der Waals surface area contributed by atoms with Crippen LogP contribution in [-0.2, 0) is 23.9 Å². The second kappa shape index (κ2) is 4.57. The molecule has 0 radical (unpaired) electrons. The van der Waals surface area contributed by atoms with E-state index in [1.807, 2.05) is 13.8 Å². The van der Waals surface area contributed by atoms with Crippen molar-refractivity contribution >= 4 is 16.8 Å². The maximum absolute atomic E-state index is 10.9. The summed E-state index contributed by atoms with van der Waals surface area (Å²) in [4.78, 5) is 0.374. The molecule has 0 aliphatic carbocycles. The fraction of sp³-hybridized carbons (Fsp3) is 0.400. The third-order valence-corrected chi connectivity index (χ3v) is 3.05. The van der Waals surface area contributed by atoms with Crippen LogP contribution in [-0.4, -0.2) is 8.76 Å². The molecule has 1 rings (SSSR count). The third-order valence-electron chi connectivity index (χ3n) is 2.31. The van der Waals surface area contributed by atoms with Crippen LogP contribution in [0.15, 0.2) is 17.0 Å². The van der Waals surface area contributed by atoms with Crippen LogP contribution in [0, 0.1) is 0 Å². The smallest absolute Gasteiger partial charge is 0.0350 e. The largest absolute Gasteiger partial charge is 0.768 e. The lowest BCUT2D eigenvalue weighted by molar-refractivity contribution is 0.536. The molecule has 1 aromatic rings. The van der Waals surface area contributed by atoms with E-state index in [4.69, 9.17) is 5.73 Å². The molecule has 1 unspecified atom stereocenters. The first-order chi connectivity index (χ1) is 6.61. The highest BCUT2D eigenvalue weighted by Crippen LogP contribution is 2.24. The lowest BCUT2D eigenvalue weighted by atomic mass is 10.0. The van der Waals surface area contributed by atoms with Gasteiger partial charge in [0.2, 0.25) is 0 Å². The van der Waals surface area contributed by atoms with Gasteiger partial charge in [0.15, 0.2) is 0 Å². The predicted octanol–water partition coefficient (Wildman–Crippen LogP) is 1.63. The van der Waals surface area contributed by atoms with E-state index in [1.54, 1.807) is 12.1 Å². The molecule has 4 heteroatoms. The van der Waals surface area contributed by atoms with Gasteiger partial charge in [-0.05, 0) is 47.2 Å². The Morgan fingerprint density at radius 2 is 1.86 bits per heavy atom. The highest BCUT2D eigenvalue weighted by molar-refractivity contribution is 7.79. The molecule has 2 N–H and O–H groups in total. The molecular formula is C10H14NO2S-. The Morgan fingerprint density at radius 1 is 1.29 bits per heavy atom. The summed E-state index contributed by atoms with van der Waals surface area (Å²) in [5, 5.41) is 0. The highest BCUT2D eigenvalue weighted by Gasteiger charge is 2.08. The van der Waals surface area contributed by atoms with E-state index in [9.17, 15) is 8.76 Å². The number of nitrogens with two attached hydrogens (primary N) is 1. The van der Waals surface area contributed by atoms with Gasteiger partial charge in [-0.2, -0.15) is 0 Å². The summed E-state index contributed by atoms with van der Waals surface area (Å²) in [6.45, 7) is 3.91. The van der Waals surface area contributed by atoms with E-state index in [0.717, 1.165) is 17.5 Å². The van der Waals surface area contributed by atoms with Crippen molar-refractivity contribution in [2.75, 3.05) is 5.73 Å². The van der Waals surface area contributed by atoms with Crippen molar-refractivity contribution in [3.05, 3.63) is 23.3 Å². The molecule has 0 heterocycles. The van der Waals surface area contributed by atoms with Crippen LogP contribution in [0.3, 0.4) is 0 Å². The molecule has 0 saturated heterocycles. The minimum atomic E-state index is -2.17. The Kier molecular flexibility index (Phi) is 3.66. The van der Waals surface area contributed by atoms with Crippen molar-refractivity contribution in [3.8, 4) is 0 Å². The summed E-state index contributed by atoms with van der Waals surface area (Å²) < 4.78 is 21.8. The Bertz CT molecular complexity index is 363. The lowest BCUT2D eigenvalue weighted by Crippen LogP contribution is -2.04. The van der Waals surface area contributed by atoms with Gasteiger partial charge in [0.25, 0.3) is 0 Å². The van der Waals surface area contributed by atoms with Crippen LogP contribution in [0.1, 0.15) is 25.0 Å². The van der Waals surface area contributed by atoms with Crippen molar-refractivity contribution in [1.82, 2.24) is 0 Å². The molecule has 14 heavy (non-hydrogen) atoms. The second-order valence-electron chi connectivity index (χ2n) is 3.05. The van der Waals surface area contributed by atoms with E-state index in [0.29, 0.717) is 17.0 Å². The normalized spacial score (nSPS) is 12.8. The SMILES string of the molecule is CCc1c(N)ccc(S(=O)[O-])c1CC. The van der Waals surface area contributed by atoms with Gasteiger partial charge in [0.1, 0.15) is 0 Å². The minimum Gasteiger partial charge on any atom is -0.768 e. The topological polar surface area (TPSA) is 66.2 Å². The van der Waals surface area contributed by atoms with Gasteiger partial charge < -0.3 is 10.3 Å². The zero-order valence-electron chi connectivity index (χ0n) is 8.37. The van der Waals surface area contributed by atoms with Gasteiger partial charge in [-0.15, -0.1) is 0 Å². The standard InChI is InChI=1S/C10H15NO2S/c1-3-7-8(4-2)10(14(12)13)6-5-9(7)11/h5-6H,3-4,11H2,1-2H3,(H,12,13)/p-1. The van der Waals surface area contributed by atoms with Crippen molar-refractivity contribution in [2.24, 2.45) is 0 Å². The van der Waals surface area contributed by atoms with E-state index >= 15 is 0 Å². The van der Waals surface area contributed by atoms with Gasteiger partial charge >= 0.3 is 0 Å². The van der Waals surface area contributed by atoms with Crippen LogP contribution in [0.5, 0.6) is 0 Å². The van der Waals surface area contributed by atoms with Gasteiger partial charge in [-0.25, -0.2) is 0 Å². The first-order valence-electron chi connectivity index (χ1n) is 4.61. The zero-order chi connectivity index (χ0) is 10.7. The average Bonchev–Trinajstić information content (AvgIpc) is 2.16. The number of rotatable bonds is 3. The number of benzene rings is 1. The maximum atomic E-state index is 10.9. The fourth-order valence-corrected chi connectivity index (χ4v) is 2.30. The van der Waals surface area contributed by atoms with Crippen LogP contribution >= 0.6 is 0 Å². The van der Waals surface area contributed by atoms with Crippen molar-refractivity contribution < 1.29 is 8.76 Å². The molecule has 1 atom stereocenters. The van der Waals surface area contributed by atoms with Gasteiger partial charge in [0.05, 0.1) is 0 Å². The number of nitrogen functional groups attached to an aromatic ring is 1. The molecule has 0 spiro atoms. The molecule has 0 amide bonds. The van der Waals surface area contributed by atoms with Crippen LogP contribution < -0.4 is 5.73 Å². The van der Waals surface area contributed by atoms with Gasteiger partial charge in [-0.3, -0.25) is 4.21 Å². The number of anilines is 1. The quantitative estimate of drug-likeness (QED) is 0.611. The molecular weight excluding hydrogens is 198 g/mol. The monoisotopic (exact) mass is 212 g/mol. The molecule has 1 aromatic carbocycles. The Labute approximate surface area is 86.6 Å². The summed E-state index contributed by atoms with van der Waals surface area (Å²) >= 11 is -2.17. The van der Waals surface area contributed by atoms with Gasteiger partial charge in [0, 0.05) is 10.6 Å². The maximum Gasteiger partial charge on any atom is 0.0350 e. The van der Waals surface area contributed by atoms with Crippen LogP contribution in [0.25, 0.3) is 0 Å². The van der Waals surface area contributed by atoms with E-state index in [2.05, 4.69) is 0 Å². The molecule has 78 valence electrons. The van der Waals surface area contributed by atoms with E-state index in [1.165, 1.54) is 0 Å². The van der Waals surface area contributed by atoms with Crippen molar-refractivity contribution in [3.63, 3.8) is 0 Å². The highest BCUT2D eigenvalue weighted by atomic mass is 32.2. The first-order valence-corrected chi connectivity index (χ1v) is 5.68. The number of hydrogen-bond acceptors (Lipinski definition) is 3. The fourth-order valence-electron chi connectivity index (χ4n) is 1.65. The van der Waals surface area contributed by atoms with Crippen LogP contribution in [0.4, 0.5) is 5.69 Å². The summed E-state index contributed by atoms with van der Waals surface area (Å²) in [5.74, 6) is 0. The Morgan fingerprint density at radius 3 is 2.29 bits per heavy atom. The summed E-state index contributed by atoms with van der Waals surface area (Å²) in [7, 11) is 0. The molecule has 3 nitrogen and oxygen atoms in total. The molecule has 0 aliphatic heterocycles. The first kappa shape index (κ1) is 11.2. The van der Waals surface area contributed by atoms with Crippen molar-refractivity contribution in [1.29, 1.82) is 0 Å². The summed E-state index contributed by atoms with van der Waals surface area (Å²) in [6.07, 6.45) is 1.46. The van der Waals surface area contributed by atoms with Crippen LogP contribution in [0.2, 0.25) is 0 Å². The molecule has 0 bridgehead atoms. The summed E-state index contributed by atoms with van der Waals surface area (Å²) in [6, 6.07) is 3.22. The third kappa shape index (κ3) is 1.96. The Balaban J connectivity index is 3.40. The minimum absolute atomic E-state index is 0.374. The predicted molar refractivity (Wildman–Crippen MR) is 56.8 cm³/mol. The molecule has 0 aliphatic rings. The van der Waals surface area contributed by atoms with E-state index in [-0.39, 0.29) is 0 Å². The molecule has 0 saturated carbocycles. The van der Waals surface area contributed by atoms with Gasteiger partial charge in [-0.1, -0.05) is 13.8 Å². The Hall–Kier alpha value is -0.870.